The lowest BCUT2D eigenvalue weighted by Crippen LogP contribution is -2.58. The van der Waals surface area contributed by atoms with Gasteiger partial charge in [0, 0.05) is 35.4 Å². The van der Waals surface area contributed by atoms with Gasteiger partial charge in [-0.1, -0.05) is 42.5 Å². The SMILES string of the molecule is COc1ccc2c(OC3CC4C(=O)NC5(C(=O)NS(=O)(=O)C6CC6)CC5/C=C\CCC(NC(=O)OC(C)(C)C)C(=O)N4C3)cc(-c3ccccc3)nc2c1. The van der Waals surface area contributed by atoms with Crippen molar-refractivity contribution in [2.45, 2.75) is 93.9 Å². The Labute approximate surface area is 314 Å². The van der Waals surface area contributed by atoms with Crippen LogP contribution in [0.2, 0.25) is 0 Å². The largest absolute Gasteiger partial charge is 0.497 e. The van der Waals surface area contributed by atoms with Gasteiger partial charge in [0.05, 0.1) is 30.1 Å². The number of allylic oxidation sites excluding steroid dienone is 1. The molecule has 5 atom stereocenters. The van der Waals surface area contributed by atoms with E-state index in [0.29, 0.717) is 47.4 Å². The summed E-state index contributed by atoms with van der Waals surface area (Å²) in [6.45, 7) is 5.14. The normalized spacial score (nSPS) is 26.3. The molecule has 15 heteroatoms. The highest BCUT2D eigenvalue weighted by Crippen LogP contribution is 2.46. The van der Waals surface area contributed by atoms with Crippen molar-refractivity contribution in [1.29, 1.82) is 0 Å². The second-order valence-corrected chi connectivity index (χ2v) is 17.3. The Bertz CT molecular complexity index is 2120. The molecule has 14 nitrogen and oxygen atoms in total. The van der Waals surface area contributed by atoms with E-state index in [1.165, 1.54) is 4.90 Å². The van der Waals surface area contributed by atoms with Crippen LogP contribution in [0.4, 0.5) is 4.79 Å². The van der Waals surface area contributed by atoms with Gasteiger partial charge in [-0.25, -0.2) is 18.2 Å². The summed E-state index contributed by atoms with van der Waals surface area (Å²) in [5, 5.41) is 5.62. The summed E-state index contributed by atoms with van der Waals surface area (Å²) in [5.74, 6) is -1.32. The molecule has 0 radical (unpaired) electrons. The predicted molar refractivity (Wildman–Crippen MR) is 199 cm³/mol. The van der Waals surface area contributed by atoms with Gasteiger partial charge < -0.3 is 29.7 Å². The first-order chi connectivity index (χ1) is 25.7. The molecule has 0 spiro atoms. The Kier molecular flexibility index (Phi) is 9.79. The Morgan fingerprint density at radius 2 is 1.80 bits per heavy atom. The molecule has 0 bridgehead atoms. The molecule has 7 rings (SSSR count). The quantitative estimate of drug-likeness (QED) is 0.284. The Morgan fingerprint density at radius 3 is 2.50 bits per heavy atom. The van der Waals surface area contributed by atoms with Crippen LogP contribution < -0.4 is 24.8 Å². The fourth-order valence-corrected chi connectivity index (χ4v) is 8.47. The van der Waals surface area contributed by atoms with Crippen LogP contribution in [0.3, 0.4) is 0 Å². The van der Waals surface area contributed by atoms with Gasteiger partial charge in [-0.3, -0.25) is 19.1 Å². The first-order valence-corrected chi connectivity index (χ1v) is 19.8. The van der Waals surface area contributed by atoms with E-state index >= 15 is 0 Å². The molecule has 2 saturated carbocycles. The summed E-state index contributed by atoms with van der Waals surface area (Å²) < 4.78 is 45.3. The molecule has 286 valence electrons. The van der Waals surface area contributed by atoms with Crippen LogP contribution >= 0.6 is 0 Å². The van der Waals surface area contributed by atoms with Gasteiger partial charge in [-0.05, 0) is 65.0 Å². The number of aromatic nitrogens is 1. The number of carbonyl (C=O) groups is 4. The van der Waals surface area contributed by atoms with Crippen molar-refractivity contribution in [3.05, 3.63) is 66.7 Å². The number of alkyl carbamates (subject to hydrolysis) is 1. The van der Waals surface area contributed by atoms with Crippen LogP contribution in [0, 0.1) is 5.92 Å². The maximum atomic E-state index is 14.4. The third-order valence-electron chi connectivity index (χ3n) is 10.1. The van der Waals surface area contributed by atoms with Gasteiger partial charge in [-0.15, -0.1) is 0 Å². The van der Waals surface area contributed by atoms with E-state index in [4.69, 9.17) is 19.2 Å². The number of sulfonamides is 1. The number of methoxy groups -OCH3 is 1. The molecular weight excluding hydrogens is 715 g/mol. The molecule has 1 saturated heterocycles. The summed E-state index contributed by atoms with van der Waals surface area (Å²) in [6.07, 6.45) is 3.79. The monoisotopic (exact) mass is 759 g/mol. The number of pyridine rings is 1. The zero-order valence-electron chi connectivity index (χ0n) is 30.7. The van der Waals surface area contributed by atoms with Crippen molar-refractivity contribution in [2.75, 3.05) is 13.7 Å². The van der Waals surface area contributed by atoms with Gasteiger partial charge in [0.15, 0.2) is 0 Å². The summed E-state index contributed by atoms with van der Waals surface area (Å²) in [5.41, 5.74) is -0.192. The minimum Gasteiger partial charge on any atom is -0.497 e. The summed E-state index contributed by atoms with van der Waals surface area (Å²) in [4.78, 5) is 61.5. The van der Waals surface area contributed by atoms with Crippen LogP contribution in [-0.2, 0) is 29.1 Å². The molecule has 2 aliphatic heterocycles. The van der Waals surface area contributed by atoms with E-state index in [1.807, 2.05) is 42.5 Å². The number of rotatable bonds is 8. The topological polar surface area (TPSA) is 182 Å². The third kappa shape index (κ3) is 7.86. The second-order valence-electron chi connectivity index (χ2n) is 15.4. The lowest BCUT2D eigenvalue weighted by Gasteiger charge is -2.30. The van der Waals surface area contributed by atoms with Gasteiger partial charge in [0.25, 0.3) is 5.91 Å². The minimum atomic E-state index is -3.89. The summed E-state index contributed by atoms with van der Waals surface area (Å²) in [7, 11) is -2.32. The highest BCUT2D eigenvalue weighted by Gasteiger charge is 2.62. The molecule has 3 N–H and O–H groups in total. The Hall–Kier alpha value is -5.18. The van der Waals surface area contributed by atoms with Crippen LogP contribution in [0.1, 0.15) is 59.3 Å². The molecule has 3 aromatic rings. The van der Waals surface area contributed by atoms with Gasteiger partial charge in [0.2, 0.25) is 21.8 Å². The van der Waals surface area contributed by atoms with Crippen molar-refractivity contribution in [2.24, 2.45) is 5.92 Å². The standard InChI is InChI=1S/C39H45N5O9S/c1-38(2,3)53-37(48)41-29-13-9-8-12-24-21-39(24,36(47)43-54(49,50)27-15-16-27)42-34(45)32-19-26(22-44(32)35(29)46)52-33-20-30(23-10-6-5-7-11-23)40-31-18-25(51-4)14-17-28(31)33/h5-8,10-12,14,17-18,20,24,26-27,29,32H,9,13,15-16,19,21-22H2,1-4H3,(H,41,48)(H,42,45)(H,43,47)/b12-8-. The lowest BCUT2D eigenvalue weighted by atomic mass is 10.1. The van der Waals surface area contributed by atoms with Gasteiger partial charge in [-0.2, -0.15) is 0 Å². The maximum Gasteiger partial charge on any atom is 0.408 e. The first-order valence-electron chi connectivity index (χ1n) is 18.2. The highest BCUT2D eigenvalue weighted by molar-refractivity contribution is 7.91. The molecule has 4 aliphatic rings. The van der Waals surface area contributed by atoms with Crippen LogP contribution in [0.25, 0.3) is 22.2 Å². The van der Waals surface area contributed by atoms with E-state index < -0.39 is 74.3 Å². The van der Waals surface area contributed by atoms with Crippen molar-refractivity contribution < 1.29 is 41.8 Å². The van der Waals surface area contributed by atoms with Gasteiger partial charge >= 0.3 is 6.09 Å². The predicted octanol–water partition coefficient (Wildman–Crippen LogP) is 3.99. The summed E-state index contributed by atoms with van der Waals surface area (Å²) in [6, 6.07) is 14.7. The first kappa shape index (κ1) is 37.1. The van der Waals surface area contributed by atoms with E-state index in [1.54, 1.807) is 52.2 Å². The zero-order valence-corrected chi connectivity index (χ0v) is 31.5. The Morgan fingerprint density at radius 1 is 1.04 bits per heavy atom. The number of nitrogens with one attached hydrogen (secondary N) is 3. The highest BCUT2D eigenvalue weighted by atomic mass is 32.2. The Balaban J connectivity index is 1.22. The average Bonchev–Trinajstić information content (AvgIpc) is 4.05. The number of carbonyl (C=O) groups excluding carboxylic acids is 4. The van der Waals surface area contributed by atoms with E-state index in [2.05, 4.69) is 15.4 Å². The molecule has 1 aromatic heterocycles. The number of ether oxygens (including phenoxy) is 3. The number of nitrogens with zero attached hydrogens (tertiary/aromatic N) is 2. The van der Waals surface area contributed by atoms with Crippen molar-refractivity contribution in [3.63, 3.8) is 0 Å². The molecule has 5 unspecified atom stereocenters. The number of hydrogen-bond donors (Lipinski definition) is 3. The number of fused-ring (bicyclic) bond motifs is 3. The van der Waals surface area contributed by atoms with E-state index in [9.17, 15) is 27.6 Å². The number of hydrogen-bond acceptors (Lipinski definition) is 10. The number of amides is 4. The maximum absolute atomic E-state index is 14.4. The van der Waals surface area contributed by atoms with Crippen molar-refractivity contribution >= 4 is 44.7 Å². The third-order valence-corrected chi connectivity index (χ3v) is 12.0. The zero-order chi connectivity index (χ0) is 38.4. The molecular formula is C39H45N5O9S. The second kappa shape index (κ2) is 14.2. The average molecular weight is 760 g/mol. The van der Waals surface area contributed by atoms with Crippen molar-refractivity contribution in [3.8, 4) is 22.8 Å². The van der Waals surface area contributed by atoms with Gasteiger partial charge in [0.1, 0.15) is 40.8 Å². The number of benzene rings is 2. The van der Waals surface area contributed by atoms with Crippen LogP contribution in [0.5, 0.6) is 11.5 Å². The molecule has 3 fully saturated rings. The van der Waals surface area contributed by atoms with E-state index in [0.717, 1.165) is 5.56 Å². The van der Waals surface area contributed by atoms with Crippen LogP contribution in [-0.4, -0.2) is 90.3 Å². The molecule has 3 heterocycles. The van der Waals surface area contributed by atoms with E-state index in [-0.39, 0.29) is 25.8 Å². The smallest absolute Gasteiger partial charge is 0.408 e. The van der Waals surface area contributed by atoms with Crippen molar-refractivity contribution in [1.82, 2.24) is 25.2 Å². The fraction of sp³-hybridized carbons (Fsp3) is 0.462. The molecule has 54 heavy (non-hydrogen) atoms. The molecule has 2 aromatic carbocycles. The van der Waals surface area contributed by atoms with Crippen LogP contribution in [0.15, 0.2) is 66.7 Å². The lowest BCUT2D eigenvalue weighted by molar-refractivity contribution is -0.141. The fourth-order valence-electron chi connectivity index (χ4n) is 7.11. The minimum absolute atomic E-state index is 0.0153. The summed E-state index contributed by atoms with van der Waals surface area (Å²) >= 11 is 0. The molecule has 2 aliphatic carbocycles. The molecule has 4 amide bonds.